The summed E-state index contributed by atoms with van der Waals surface area (Å²) in [6.45, 7) is 2.19. The van der Waals surface area contributed by atoms with E-state index in [0.717, 1.165) is 28.6 Å². The van der Waals surface area contributed by atoms with Gasteiger partial charge in [-0.3, -0.25) is 9.78 Å². The Morgan fingerprint density at radius 1 is 1.14 bits per heavy atom. The monoisotopic (exact) mass is 512 g/mol. The van der Waals surface area contributed by atoms with Crippen molar-refractivity contribution in [2.75, 3.05) is 6.61 Å². The van der Waals surface area contributed by atoms with Crippen LogP contribution in [0.2, 0.25) is 0 Å². The number of aliphatic hydroxyl groups is 1. The quantitative estimate of drug-likeness (QED) is 0.508. The molecule has 1 amide bonds. The smallest absolute Gasteiger partial charge is 0.493 e. The summed E-state index contributed by atoms with van der Waals surface area (Å²) in [5.41, 5.74) is -4.56. The first-order valence-electron chi connectivity index (χ1n) is 10.1. The van der Waals surface area contributed by atoms with Crippen molar-refractivity contribution in [2.24, 2.45) is 0 Å². The SMILES string of the molecule is Cc1ccccn1.O=C(NS(=O)(=O)C(F)(F)F)c1ccc(F)cc1-c1ccc2c(c1)OCC[C@@H]2O. The number of hydrogen-bond donors (Lipinski definition) is 2. The molecule has 2 aromatic carbocycles. The van der Waals surface area contributed by atoms with Crippen LogP contribution in [0.5, 0.6) is 5.75 Å². The van der Waals surface area contributed by atoms with Gasteiger partial charge in [0.1, 0.15) is 11.6 Å². The Bertz CT molecular complexity index is 1320. The number of carbonyl (C=O) groups excluding carboxylic acids is 1. The van der Waals surface area contributed by atoms with Crippen LogP contribution >= 0.6 is 0 Å². The van der Waals surface area contributed by atoms with E-state index in [9.17, 15) is 35.9 Å². The van der Waals surface area contributed by atoms with E-state index in [1.165, 1.54) is 18.2 Å². The maximum absolute atomic E-state index is 13.7. The van der Waals surface area contributed by atoms with E-state index in [4.69, 9.17) is 4.74 Å². The van der Waals surface area contributed by atoms with Crippen molar-refractivity contribution in [3.63, 3.8) is 0 Å². The van der Waals surface area contributed by atoms with Gasteiger partial charge in [-0.25, -0.2) is 9.11 Å². The van der Waals surface area contributed by atoms with E-state index in [-0.39, 0.29) is 23.5 Å². The number of nitrogens with one attached hydrogen (secondary N) is 1. The number of hydrogen-bond acceptors (Lipinski definition) is 6. The number of aliphatic hydroxyl groups excluding tert-OH is 1. The molecule has 0 unspecified atom stereocenters. The van der Waals surface area contributed by atoms with Gasteiger partial charge in [0.05, 0.1) is 12.7 Å². The summed E-state index contributed by atoms with van der Waals surface area (Å²) in [6, 6.07) is 12.7. The fraction of sp³-hybridized carbons (Fsp3) is 0.217. The van der Waals surface area contributed by atoms with Gasteiger partial charge in [0, 0.05) is 29.4 Å². The average molecular weight is 512 g/mol. The number of amides is 1. The van der Waals surface area contributed by atoms with Crippen LogP contribution in [0.25, 0.3) is 11.1 Å². The molecule has 0 saturated carbocycles. The third kappa shape index (κ3) is 6.34. The predicted octanol–water partition coefficient (Wildman–Crippen LogP) is 4.28. The van der Waals surface area contributed by atoms with Gasteiger partial charge in [0.25, 0.3) is 5.91 Å². The molecule has 0 radical (unpaired) electrons. The first kappa shape index (κ1) is 26.1. The number of sulfonamides is 1. The lowest BCUT2D eigenvalue weighted by atomic mass is 9.95. The molecule has 0 aliphatic carbocycles. The van der Waals surface area contributed by atoms with Crippen LogP contribution in [0.4, 0.5) is 17.6 Å². The summed E-state index contributed by atoms with van der Waals surface area (Å²) in [7, 11) is -5.93. The highest BCUT2D eigenvalue weighted by Crippen LogP contribution is 2.36. The first-order valence-corrected chi connectivity index (χ1v) is 11.6. The number of rotatable bonds is 3. The Kier molecular flexibility index (Phi) is 7.76. The second kappa shape index (κ2) is 10.4. The van der Waals surface area contributed by atoms with Crippen LogP contribution in [0.15, 0.2) is 60.8 Å². The summed E-state index contributed by atoms with van der Waals surface area (Å²) in [4.78, 5) is 16.1. The molecule has 2 N–H and O–H groups in total. The molecule has 1 aliphatic rings. The summed E-state index contributed by atoms with van der Waals surface area (Å²) in [6.07, 6.45) is 1.38. The van der Waals surface area contributed by atoms with Crippen molar-refractivity contribution in [3.8, 4) is 16.9 Å². The van der Waals surface area contributed by atoms with E-state index in [1.54, 1.807) is 6.20 Å². The Labute approximate surface area is 198 Å². The molecule has 0 bridgehead atoms. The molecule has 0 saturated heterocycles. The predicted molar refractivity (Wildman–Crippen MR) is 118 cm³/mol. The maximum Gasteiger partial charge on any atom is 0.516 e. The van der Waals surface area contributed by atoms with Crippen LogP contribution in [-0.4, -0.2) is 36.5 Å². The molecule has 35 heavy (non-hydrogen) atoms. The van der Waals surface area contributed by atoms with Crippen LogP contribution < -0.4 is 9.46 Å². The van der Waals surface area contributed by atoms with E-state index >= 15 is 0 Å². The van der Waals surface area contributed by atoms with Gasteiger partial charge >= 0.3 is 15.5 Å². The molecule has 2 heterocycles. The lowest BCUT2D eigenvalue weighted by molar-refractivity contribution is -0.0446. The fourth-order valence-electron chi connectivity index (χ4n) is 3.17. The minimum atomic E-state index is -5.93. The largest absolute Gasteiger partial charge is 0.516 e. The molecule has 12 heteroatoms. The van der Waals surface area contributed by atoms with E-state index < -0.39 is 38.9 Å². The lowest BCUT2D eigenvalue weighted by Gasteiger charge is -2.23. The van der Waals surface area contributed by atoms with Gasteiger partial charge in [-0.2, -0.15) is 21.6 Å². The second-order valence-electron chi connectivity index (χ2n) is 7.45. The molecular weight excluding hydrogens is 492 g/mol. The van der Waals surface area contributed by atoms with Gasteiger partial charge in [-0.05, 0) is 54.4 Å². The molecule has 1 aromatic heterocycles. The third-order valence-corrected chi connectivity index (χ3v) is 5.97. The number of fused-ring (bicyclic) bond motifs is 1. The van der Waals surface area contributed by atoms with Crippen LogP contribution in [-0.2, 0) is 10.0 Å². The number of aromatic nitrogens is 1. The first-order chi connectivity index (χ1) is 16.4. The van der Waals surface area contributed by atoms with Crippen molar-refractivity contribution in [2.45, 2.75) is 25.0 Å². The number of carbonyl (C=O) groups is 1. The summed E-state index contributed by atoms with van der Waals surface area (Å²) < 4.78 is 80.0. The van der Waals surface area contributed by atoms with Crippen LogP contribution in [0, 0.1) is 12.7 Å². The second-order valence-corrected chi connectivity index (χ2v) is 9.12. The topological polar surface area (TPSA) is 106 Å². The van der Waals surface area contributed by atoms with Gasteiger partial charge < -0.3 is 9.84 Å². The number of ether oxygens (including phenoxy) is 1. The highest BCUT2D eigenvalue weighted by molar-refractivity contribution is 7.90. The van der Waals surface area contributed by atoms with Gasteiger partial charge in [-0.1, -0.05) is 18.2 Å². The highest BCUT2D eigenvalue weighted by atomic mass is 32.2. The molecule has 0 fully saturated rings. The highest BCUT2D eigenvalue weighted by Gasteiger charge is 2.47. The summed E-state index contributed by atoms with van der Waals surface area (Å²) >= 11 is 0. The van der Waals surface area contributed by atoms with Gasteiger partial charge in [0.2, 0.25) is 0 Å². The molecule has 1 aliphatic heterocycles. The van der Waals surface area contributed by atoms with Gasteiger partial charge in [0.15, 0.2) is 0 Å². The Morgan fingerprint density at radius 3 is 2.49 bits per heavy atom. The molecule has 7 nitrogen and oxygen atoms in total. The zero-order valence-corrected chi connectivity index (χ0v) is 19.0. The number of halogens is 4. The molecule has 0 spiro atoms. The van der Waals surface area contributed by atoms with Crippen LogP contribution in [0.3, 0.4) is 0 Å². The minimum absolute atomic E-state index is 0.138. The van der Waals surface area contributed by atoms with E-state index in [2.05, 4.69) is 4.98 Å². The molecule has 4 rings (SSSR count). The Hall–Kier alpha value is -3.51. The zero-order chi connectivity index (χ0) is 25.8. The van der Waals surface area contributed by atoms with Crippen molar-refractivity contribution in [1.82, 2.24) is 9.71 Å². The number of aryl methyl sites for hydroxylation is 1. The molecular formula is C23H20F4N2O5S. The van der Waals surface area contributed by atoms with Crippen LogP contribution in [0.1, 0.15) is 34.1 Å². The summed E-state index contributed by atoms with van der Waals surface area (Å²) in [5.74, 6) is -2.08. The lowest BCUT2D eigenvalue weighted by Crippen LogP contribution is -2.40. The fourth-order valence-corrected chi connectivity index (χ4v) is 3.64. The number of benzene rings is 2. The molecule has 3 aromatic rings. The number of nitrogens with zero attached hydrogens (tertiary/aromatic N) is 1. The Balaban J connectivity index is 0.000000420. The zero-order valence-electron chi connectivity index (χ0n) is 18.2. The van der Waals surface area contributed by atoms with Crippen molar-refractivity contribution in [3.05, 3.63) is 83.4 Å². The average Bonchev–Trinajstić information content (AvgIpc) is 2.79. The summed E-state index contributed by atoms with van der Waals surface area (Å²) in [5, 5.41) is 9.94. The maximum atomic E-state index is 13.7. The minimum Gasteiger partial charge on any atom is -0.493 e. The van der Waals surface area contributed by atoms with Crippen molar-refractivity contribution < 1.29 is 40.6 Å². The number of pyridine rings is 1. The number of alkyl halides is 3. The van der Waals surface area contributed by atoms with E-state index in [1.807, 2.05) is 25.1 Å². The van der Waals surface area contributed by atoms with Crippen molar-refractivity contribution >= 4 is 15.9 Å². The normalized spacial score (nSPS) is 15.2. The van der Waals surface area contributed by atoms with E-state index in [0.29, 0.717) is 12.0 Å². The van der Waals surface area contributed by atoms with Gasteiger partial charge in [-0.15, -0.1) is 0 Å². The molecule has 1 atom stereocenters. The molecule has 186 valence electrons. The Morgan fingerprint density at radius 2 is 1.89 bits per heavy atom. The van der Waals surface area contributed by atoms with Crippen molar-refractivity contribution in [1.29, 1.82) is 0 Å². The standard InChI is InChI=1S/C17H13F4NO5S.C6H7N/c18-10-2-4-11(16(24)22-28(25,26)17(19,20)21)13(8-10)9-1-3-12-14(23)5-6-27-15(12)7-9;1-6-4-2-3-5-7-6/h1-4,7-8,14,23H,5-6H2,(H,22,24);2-5H,1H3/t14-;/m0./s1. The third-order valence-electron chi connectivity index (χ3n) is 4.90.